The van der Waals surface area contributed by atoms with Crippen LogP contribution in [0.1, 0.15) is 34.6 Å². The van der Waals surface area contributed by atoms with Crippen LogP contribution in [0.2, 0.25) is 0 Å². The third kappa shape index (κ3) is 2.63. The van der Waals surface area contributed by atoms with Gasteiger partial charge in [0.15, 0.2) is 5.65 Å². The fourth-order valence-corrected chi connectivity index (χ4v) is 2.87. The molecule has 3 rings (SSSR count). The van der Waals surface area contributed by atoms with E-state index < -0.39 is 0 Å². The Morgan fingerprint density at radius 2 is 2.00 bits per heavy atom. The molecule has 0 saturated carbocycles. The van der Waals surface area contributed by atoms with Gasteiger partial charge in [-0.25, -0.2) is 9.97 Å². The van der Waals surface area contributed by atoms with Crippen molar-refractivity contribution in [2.75, 3.05) is 5.32 Å². The summed E-state index contributed by atoms with van der Waals surface area (Å²) in [5.74, 6) is 0.971. The van der Waals surface area contributed by atoms with Crippen molar-refractivity contribution in [3.8, 4) is 0 Å². The van der Waals surface area contributed by atoms with Crippen molar-refractivity contribution in [3.63, 3.8) is 0 Å². The van der Waals surface area contributed by atoms with Crippen LogP contribution in [0.3, 0.4) is 0 Å². The molecule has 0 fully saturated rings. The van der Waals surface area contributed by atoms with Crippen LogP contribution in [0.15, 0.2) is 11.4 Å². The van der Waals surface area contributed by atoms with E-state index in [0.29, 0.717) is 6.54 Å². The number of hydrogen-bond donors (Lipinski definition) is 1. The average molecular weight is 301 g/mol. The smallest absolute Gasteiger partial charge is 0.160 e. The van der Waals surface area contributed by atoms with Gasteiger partial charge in [-0.2, -0.15) is 9.61 Å². The lowest BCUT2D eigenvalue weighted by Crippen LogP contribution is -2.08. The molecule has 0 aliphatic carbocycles. The maximum Gasteiger partial charge on any atom is 0.160 e. The lowest BCUT2D eigenvalue weighted by atomic mass is 10.2. The van der Waals surface area contributed by atoms with Gasteiger partial charge >= 0.3 is 0 Å². The summed E-state index contributed by atoms with van der Waals surface area (Å²) in [6.45, 7) is 8.92. The van der Waals surface area contributed by atoms with Crippen molar-refractivity contribution in [2.45, 2.75) is 40.7 Å². The summed E-state index contributed by atoms with van der Waals surface area (Å²) >= 11 is 1.67. The molecule has 0 aromatic carbocycles. The molecule has 0 spiro atoms. The molecular formula is C15H19N5S. The Morgan fingerprint density at radius 1 is 1.19 bits per heavy atom. The molecule has 0 aliphatic heterocycles. The molecule has 0 atom stereocenters. The summed E-state index contributed by atoms with van der Waals surface area (Å²) in [5, 5.41) is 11.2. The van der Waals surface area contributed by atoms with Crippen LogP contribution in [0.25, 0.3) is 5.65 Å². The van der Waals surface area contributed by atoms with Crippen molar-refractivity contribution < 1.29 is 0 Å². The molecule has 5 nitrogen and oxygen atoms in total. The molecule has 110 valence electrons. The first kappa shape index (κ1) is 14.0. The Hall–Kier alpha value is -1.95. The molecule has 1 N–H and O–H groups in total. The summed E-state index contributed by atoms with van der Waals surface area (Å²) < 4.78 is 1.89. The van der Waals surface area contributed by atoms with E-state index in [0.717, 1.165) is 45.5 Å². The zero-order valence-electron chi connectivity index (χ0n) is 12.8. The molecule has 0 amide bonds. The third-order valence-electron chi connectivity index (χ3n) is 3.59. The Bertz CT molecular complexity index is 787. The fraction of sp³-hybridized carbons (Fsp3) is 0.400. The normalized spacial score (nSPS) is 11.2. The minimum absolute atomic E-state index is 0.699. The van der Waals surface area contributed by atoms with Gasteiger partial charge in [-0.1, -0.05) is 6.92 Å². The molecule has 0 bridgehead atoms. The molecule has 6 heteroatoms. The molecule has 0 saturated heterocycles. The van der Waals surface area contributed by atoms with E-state index in [2.05, 4.69) is 45.7 Å². The second-order valence-corrected chi connectivity index (χ2v) is 6.21. The van der Waals surface area contributed by atoms with Crippen molar-refractivity contribution in [1.82, 2.24) is 19.6 Å². The third-order valence-corrected chi connectivity index (χ3v) is 4.41. The number of aromatic nitrogens is 4. The fourth-order valence-electron chi connectivity index (χ4n) is 2.26. The minimum Gasteiger partial charge on any atom is -0.364 e. The van der Waals surface area contributed by atoms with Gasteiger partial charge in [0, 0.05) is 22.7 Å². The molecule has 0 radical (unpaired) electrons. The Labute approximate surface area is 128 Å². The van der Waals surface area contributed by atoms with Crippen LogP contribution in [0.4, 0.5) is 5.82 Å². The van der Waals surface area contributed by atoms with Gasteiger partial charge in [-0.05, 0) is 27.2 Å². The first-order valence-electron chi connectivity index (χ1n) is 7.09. The van der Waals surface area contributed by atoms with E-state index in [1.165, 1.54) is 0 Å². The van der Waals surface area contributed by atoms with Crippen molar-refractivity contribution in [3.05, 3.63) is 39.1 Å². The number of hydrogen-bond acceptors (Lipinski definition) is 5. The van der Waals surface area contributed by atoms with E-state index in [9.17, 15) is 0 Å². The maximum absolute atomic E-state index is 4.68. The number of nitrogens with zero attached hydrogens (tertiary/aromatic N) is 4. The second-order valence-electron chi connectivity index (χ2n) is 5.14. The molecule has 3 aromatic rings. The average Bonchev–Trinajstić information content (AvgIpc) is 3.01. The quantitative estimate of drug-likeness (QED) is 0.803. The highest BCUT2D eigenvalue weighted by molar-refractivity contribution is 7.09. The number of nitrogens with one attached hydrogen (secondary N) is 1. The SMILES string of the molecule is CCc1cc(NCc2csc(C)n2)n2nc(C)c(C)c2n1. The van der Waals surface area contributed by atoms with Crippen molar-refractivity contribution >= 4 is 22.8 Å². The van der Waals surface area contributed by atoms with E-state index in [4.69, 9.17) is 0 Å². The Balaban J connectivity index is 1.98. The first-order chi connectivity index (χ1) is 10.1. The van der Waals surface area contributed by atoms with Gasteiger partial charge in [-0.3, -0.25) is 0 Å². The largest absolute Gasteiger partial charge is 0.364 e. The topological polar surface area (TPSA) is 55.1 Å². The number of fused-ring (bicyclic) bond motifs is 1. The van der Waals surface area contributed by atoms with Crippen LogP contribution in [0.5, 0.6) is 0 Å². The van der Waals surface area contributed by atoms with Crippen LogP contribution in [-0.2, 0) is 13.0 Å². The summed E-state index contributed by atoms with van der Waals surface area (Å²) in [5.41, 5.74) is 5.22. The highest BCUT2D eigenvalue weighted by Gasteiger charge is 2.11. The lowest BCUT2D eigenvalue weighted by molar-refractivity contribution is 0.884. The molecule has 3 aromatic heterocycles. The van der Waals surface area contributed by atoms with Crippen LogP contribution in [0, 0.1) is 20.8 Å². The van der Waals surface area contributed by atoms with Crippen LogP contribution >= 0.6 is 11.3 Å². The monoisotopic (exact) mass is 301 g/mol. The number of anilines is 1. The molecule has 21 heavy (non-hydrogen) atoms. The lowest BCUT2D eigenvalue weighted by Gasteiger charge is -2.09. The van der Waals surface area contributed by atoms with Gasteiger partial charge in [0.05, 0.1) is 22.9 Å². The zero-order chi connectivity index (χ0) is 15.0. The van der Waals surface area contributed by atoms with Gasteiger partial charge < -0.3 is 5.32 Å². The van der Waals surface area contributed by atoms with E-state index in [1.807, 2.05) is 18.4 Å². The van der Waals surface area contributed by atoms with Crippen molar-refractivity contribution in [1.29, 1.82) is 0 Å². The summed E-state index contributed by atoms with van der Waals surface area (Å²) in [6, 6.07) is 2.07. The highest BCUT2D eigenvalue weighted by Crippen LogP contribution is 2.19. The van der Waals surface area contributed by atoms with Gasteiger partial charge in [0.25, 0.3) is 0 Å². The van der Waals surface area contributed by atoms with Gasteiger partial charge in [-0.15, -0.1) is 11.3 Å². The van der Waals surface area contributed by atoms with E-state index >= 15 is 0 Å². The molecule has 0 aliphatic rings. The number of rotatable bonds is 4. The predicted octanol–water partition coefficient (Wildman–Crippen LogP) is 3.29. The Morgan fingerprint density at radius 3 is 2.67 bits per heavy atom. The highest BCUT2D eigenvalue weighted by atomic mass is 32.1. The predicted molar refractivity (Wildman–Crippen MR) is 86.0 cm³/mol. The number of aryl methyl sites for hydroxylation is 4. The maximum atomic E-state index is 4.68. The summed E-state index contributed by atoms with van der Waals surface area (Å²) in [7, 11) is 0. The van der Waals surface area contributed by atoms with Crippen LogP contribution < -0.4 is 5.32 Å². The molecule has 3 heterocycles. The summed E-state index contributed by atoms with van der Waals surface area (Å²) in [4.78, 5) is 9.16. The minimum atomic E-state index is 0.699. The molecular weight excluding hydrogens is 282 g/mol. The summed E-state index contributed by atoms with van der Waals surface area (Å²) in [6.07, 6.45) is 0.907. The first-order valence-corrected chi connectivity index (χ1v) is 7.97. The van der Waals surface area contributed by atoms with E-state index in [1.54, 1.807) is 11.3 Å². The van der Waals surface area contributed by atoms with E-state index in [-0.39, 0.29) is 0 Å². The Kier molecular flexibility index (Phi) is 3.63. The molecule has 0 unspecified atom stereocenters. The van der Waals surface area contributed by atoms with Gasteiger partial charge in [0.2, 0.25) is 0 Å². The standard InChI is InChI=1S/C15H19N5S/c1-5-12-6-14(16-7-13-8-21-11(4)17-13)20-15(18-12)9(2)10(3)19-20/h6,8,16H,5,7H2,1-4H3. The zero-order valence-corrected chi connectivity index (χ0v) is 13.6. The van der Waals surface area contributed by atoms with Crippen molar-refractivity contribution in [2.24, 2.45) is 0 Å². The second kappa shape index (κ2) is 5.44. The number of thiazole rings is 1. The van der Waals surface area contributed by atoms with Crippen LogP contribution in [-0.4, -0.2) is 19.6 Å². The van der Waals surface area contributed by atoms with Gasteiger partial charge in [0.1, 0.15) is 5.82 Å².